The predicted octanol–water partition coefficient (Wildman–Crippen LogP) is 5.32. The van der Waals surface area contributed by atoms with Gasteiger partial charge in [0.15, 0.2) is 0 Å². The zero-order valence-corrected chi connectivity index (χ0v) is 12.3. The van der Waals surface area contributed by atoms with Gasteiger partial charge in [-0.2, -0.15) is 0 Å². The summed E-state index contributed by atoms with van der Waals surface area (Å²) < 4.78 is 5.78. The number of anilines is 1. The summed E-state index contributed by atoms with van der Waals surface area (Å²) in [4.78, 5) is 0. The van der Waals surface area contributed by atoms with Crippen molar-refractivity contribution < 1.29 is 4.42 Å². The number of nitrogens with one attached hydrogen (secondary N) is 1. The molecule has 0 bridgehead atoms. The van der Waals surface area contributed by atoms with E-state index in [0.717, 1.165) is 34.2 Å². The Hall–Kier alpha value is -1.93. The molecule has 20 heavy (non-hydrogen) atoms. The number of halogens is 1. The van der Waals surface area contributed by atoms with E-state index < -0.39 is 0 Å². The van der Waals surface area contributed by atoms with E-state index in [4.69, 9.17) is 16.0 Å². The molecule has 0 spiro atoms. The van der Waals surface area contributed by atoms with E-state index in [1.165, 1.54) is 10.9 Å². The number of para-hydroxylation sites is 1. The zero-order chi connectivity index (χ0) is 14.1. The third-order valence-electron chi connectivity index (χ3n) is 3.54. The van der Waals surface area contributed by atoms with Crippen LogP contribution in [0, 0.1) is 13.8 Å². The van der Waals surface area contributed by atoms with Crippen LogP contribution in [0.5, 0.6) is 0 Å². The molecular formula is C17H16ClNO. The van der Waals surface area contributed by atoms with Crippen LogP contribution in [0.4, 0.5) is 5.69 Å². The summed E-state index contributed by atoms with van der Waals surface area (Å²) in [6.45, 7) is 4.80. The molecular weight excluding hydrogens is 270 g/mol. The first-order chi connectivity index (χ1) is 9.65. The topological polar surface area (TPSA) is 25.2 Å². The smallest absolute Gasteiger partial charge is 0.134 e. The SMILES string of the molecule is Cc1cc(Cl)ccc1NCc1c(C)oc2ccccc12. The summed E-state index contributed by atoms with van der Waals surface area (Å²) in [5.41, 5.74) is 4.38. The van der Waals surface area contributed by atoms with Crippen molar-refractivity contribution in [3.63, 3.8) is 0 Å². The van der Waals surface area contributed by atoms with Gasteiger partial charge < -0.3 is 9.73 Å². The molecule has 3 heteroatoms. The monoisotopic (exact) mass is 285 g/mol. The Kier molecular flexibility index (Phi) is 3.41. The minimum Gasteiger partial charge on any atom is -0.461 e. The van der Waals surface area contributed by atoms with Crippen LogP contribution in [0.15, 0.2) is 46.9 Å². The van der Waals surface area contributed by atoms with Crippen molar-refractivity contribution in [3.05, 3.63) is 64.4 Å². The summed E-state index contributed by atoms with van der Waals surface area (Å²) >= 11 is 5.98. The third-order valence-corrected chi connectivity index (χ3v) is 3.78. The van der Waals surface area contributed by atoms with Crippen molar-refractivity contribution in [2.45, 2.75) is 20.4 Å². The van der Waals surface area contributed by atoms with E-state index in [2.05, 4.69) is 18.3 Å². The average molecular weight is 286 g/mol. The van der Waals surface area contributed by atoms with Gasteiger partial charge in [0.2, 0.25) is 0 Å². The van der Waals surface area contributed by atoms with Crippen molar-refractivity contribution >= 4 is 28.3 Å². The first-order valence-electron chi connectivity index (χ1n) is 6.62. The molecule has 0 fully saturated rings. The highest BCUT2D eigenvalue weighted by Gasteiger charge is 2.10. The van der Waals surface area contributed by atoms with Gasteiger partial charge in [0, 0.05) is 28.2 Å². The fourth-order valence-corrected chi connectivity index (χ4v) is 2.68. The molecule has 0 atom stereocenters. The maximum Gasteiger partial charge on any atom is 0.134 e. The summed E-state index contributed by atoms with van der Waals surface area (Å²) in [6.07, 6.45) is 0. The second-order valence-corrected chi connectivity index (χ2v) is 5.38. The second kappa shape index (κ2) is 5.22. The summed E-state index contributed by atoms with van der Waals surface area (Å²) in [6, 6.07) is 14.0. The Labute approximate surface area is 123 Å². The van der Waals surface area contributed by atoms with Gasteiger partial charge in [-0.15, -0.1) is 0 Å². The molecule has 0 saturated heterocycles. The minimum atomic E-state index is 0.741. The fourth-order valence-electron chi connectivity index (χ4n) is 2.45. The number of hydrogen-bond donors (Lipinski definition) is 1. The number of benzene rings is 2. The number of fused-ring (bicyclic) bond motifs is 1. The summed E-state index contributed by atoms with van der Waals surface area (Å²) in [5.74, 6) is 0.963. The minimum absolute atomic E-state index is 0.741. The Bertz CT molecular complexity index is 761. The molecule has 3 rings (SSSR count). The predicted molar refractivity (Wildman–Crippen MR) is 84.5 cm³/mol. The highest BCUT2D eigenvalue weighted by atomic mass is 35.5. The highest BCUT2D eigenvalue weighted by Crippen LogP contribution is 2.27. The average Bonchev–Trinajstić information content (AvgIpc) is 2.74. The van der Waals surface area contributed by atoms with Crippen LogP contribution in [0.3, 0.4) is 0 Å². The molecule has 0 unspecified atom stereocenters. The van der Waals surface area contributed by atoms with Crippen LogP contribution in [0.25, 0.3) is 11.0 Å². The van der Waals surface area contributed by atoms with Crippen LogP contribution < -0.4 is 5.32 Å². The van der Waals surface area contributed by atoms with Gasteiger partial charge in [-0.1, -0.05) is 29.8 Å². The first kappa shape index (κ1) is 13.1. The van der Waals surface area contributed by atoms with Crippen LogP contribution >= 0.6 is 11.6 Å². The van der Waals surface area contributed by atoms with Crippen molar-refractivity contribution in [2.24, 2.45) is 0 Å². The molecule has 0 radical (unpaired) electrons. The van der Waals surface area contributed by atoms with Gasteiger partial charge in [0.25, 0.3) is 0 Å². The molecule has 3 aromatic rings. The number of rotatable bonds is 3. The first-order valence-corrected chi connectivity index (χ1v) is 7.00. The lowest BCUT2D eigenvalue weighted by Crippen LogP contribution is -2.01. The van der Waals surface area contributed by atoms with Crippen LogP contribution in [-0.4, -0.2) is 0 Å². The van der Waals surface area contributed by atoms with E-state index in [9.17, 15) is 0 Å². The molecule has 2 aromatic carbocycles. The Balaban J connectivity index is 1.88. The largest absolute Gasteiger partial charge is 0.461 e. The van der Waals surface area contributed by atoms with Gasteiger partial charge in [0.1, 0.15) is 11.3 Å². The van der Waals surface area contributed by atoms with Crippen molar-refractivity contribution in [1.29, 1.82) is 0 Å². The Morgan fingerprint density at radius 2 is 1.90 bits per heavy atom. The van der Waals surface area contributed by atoms with E-state index in [-0.39, 0.29) is 0 Å². The van der Waals surface area contributed by atoms with Crippen molar-refractivity contribution in [1.82, 2.24) is 0 Å². The van der Waals surface area contributed by atoms with Crippen molar-refractivity contribution in [3.8, 4) is 0 Å². The van der Waals surface area contributed by atoms with Gasteiger partial charge >= 0.3 is 0 Å². The molecule has 0 saturated carbocycles. The van der Waals surface area contributed by atoms with Gasteiger partial charge in [-0.05, 0) is 43.7 Å². The molecule has 0 aliphatic heterocycles. The van der Waals surface area contributed by atoms with Crippen LogP contribution in [0.1, 0.15) is 16.9 Å². The number of aryl methyl sites for hydroxylation is 2. The standard InChI is InChI=1S/C17H16ClNO/c1-11-9-13(18)7-8-16(11)19-10-15-12(2)20-17-6-4-3-5-14(15)17/h3-9,19H,10H2,1-2H3. The van der Waals surface area contributed by atoms with E-state index in [0.29, 0.717) is 0 Å². The lowest BCUT2D eigenvalue weighted by Gasteiger charge is -2.09. The molecule has 102 valence electrons. The number of hydrogen-bond acceptors (Lipinski definition) is 2. The van der Waals surface area contributed by atoms with Gasteiger partial charge in [-0.3, -0.25) is 0 Å². The summed E-state index contributed by atoms with van der Waals surface area (Å²) in [7, 11) is 0. The van der Waals surface area contributed by atoms with Gasteiger partial charge in [-0.25, -0.2) is 0 Å². The fraction of sp³-hybridized carbons (Fsp3) is 0.176. The Morgan fingerprint density at radius 3 is 2.70 bits per heavy atom. The molecule has 1 heterocycles. The van der Waals surface area contributed by atoms with E-state index in [1.807, 2.05) is 43.3 Å². The zero-order valence-electron chi connectivity index (χ0n) is 11.5. The maximum absolute atomic E-state index is 5.98. The van der Waals surface area contributed by atoms with Crippen LogP contribution in [0.2, 0.25) is 5.02 Å². The van der Waals surface area contributed by atoms with Crippen LogP contribution in [-0.2, 0) is 6.54 Å². The van der Waals surface area contributed by atoms with E-state index >= 15 is 0 Å². The van der Waals surface area contributed by atoms with Gasteiger partial charge in [0.05, 0.1) is 0 Å². The number of furan rings is 1. The van der Waals surface area contributed by atoms with Crippen molar-refractivity contribution in [2.75, 3.05) is 5.32 Å². The lowest BCUT2D eigenvalue weighted by molar-refractivity contribution is 0.573. The third kappa shape index (κ3) is 2.39. The second-order valence-electron chi connectivity index (χ2n) is 4.95. The molecule has 0 aliphatic carbocycles. The lowest BCUT2D eigenvalue weighted by atomic mass is 10.1. The Morgan fingerprint density at radius 1 is 1.10 bits per heavy atom. The molecule has 0 aliphatic rings. The quantitative estimate of drug-likeness (QED) is 0.705. The van der Waals surface area contributed by atoms with E-state index in [1.54, 1.807) is 0 Å². The highest BCUT2D eigenvalue weighted by molar-refractivity contribution is 6.30. The molecule has 0 amide bonds. The molecule has 1 aromatic heterocycles. The molecule has 2 nitrogen and oxygen atoms in total. The maximum atomic E-state index is 5.98. The molecule has 1 N–H and O–H groups in total. The summed E-state index contributed by atoms with van der Waals surface area (Å²) in [5, 5.41) is 5.39. The normalized spacial score (nSPS) is 10.9.